The van der Waals surface area contributed by atoms with E-state index in [1.54, 1.807) is 0 Å². The molecule has 1 aliphatic heterocycles. The van der Waals surface area contributed by atoms with Gasteiger partial charge in [-0.05, 0) is 13.0 Å². The van der Waals surface area contributed by atoms with Gasteiger partial charge in [-0.1, -0.05) is 6.92 Å². The summed E-state index contributed by atoms with van der Waals surface area (Å²) in [5.74, 6) is 5.36. The molecule has 0 unspecified atom stereocenters. The van der Waals surface area contributed by atoms with Crippen molar-refractivity contribution in [2.24, 2.45) is 5.84 Å². The highest BCUT2D eigenvalue weighted by atomic mass is 16.6. The number of ether oxygens (including phenoxy) is 1. The zero-order valence-corrected chi connectivity index (χ0v) is 6.54. The van der Waals surface area contributed by atoms with Crippen molar-refractivity contribution in [2.75, 3.05) is 13.2 Å². The van der Waals surface area contributed by atoms with Gasteiger partial charge in [0, 0.05) is 0 Å². The highest BCUT2D eigenvalue weighted by Crippen LogP contribution is 2.03. The molecule has 1 atom stereocenters. The monoisotopic (exact) mass is 159 g/mol. The number of amides is 1. The van der Waals surface area contributed by atoms with Crippen molar-refractivity contribution < 1.29 is 9.53 Å². The van der Waals surface area contributed by atoms with Gasteiger partial charge in [0.1, 0.15) is 12.8 Å². The van der Waals surface area contributed by atoms with E-state index in [1.165, 1.54) is 0 Å². The van der Waals surface area contributed by atoms with Crippen LogP contribution in [0.15, 0.2) is 0 Å². The zero-order chi connectivity index (χ0) is 8.27. The molecule has 1 aliphatic rings. The predicted octanol–water partition coefficient (Wildman–Crippen LogP) is -0.362. The molecule has 0 aromatic heterocycles. The Labute approximate surface area is 65.5 Å². The number of cyclic esters (lactones) is 1. The van der Waals surface area contributed by atoms with Gasteiger partial charge in [0.25, 0.3) is 0 Å². The van der Waals surface area contributed by atoms with Crippen molar-refractivity contribution in [2.45, 2.75) is 19.5 Å². The SMILES string of the molecule is CCCN[C@@H]1COC(=O)N1N. The Morgan fingerprint density at radius 3 is 3.09 bits per heavy atom. The van der Waals surface area contributed by atoms with E-state index in [4.69, 9.17) is 5.84 Å². The third-order valence-corrected chi connectivity index (χ3v) is 1.54. The van der Waals surface area contributed by atoms with Gasteiger partial charge in [0.15, 0.2) is 0 Å². The van der Waals surface area contributed by atoms with Crippen LogP contribution in [0, 0.1) is 0 Å². The molecule has 11 heavy (non-hydrogen) atoms. The molecule has 1 rings (SSSR count). The number of nitrogens with one attached hydrogen (secondary N) is 1. The summed E-state index contributed by atoms with van der Waals surface area (Å²) in [5, 5.41) is 4.15. The molecule has 5 nitrogen and oxygen atoms in total. The zero-order valence-electron chi connectivity index (χ0n) is 6.54. The van der Waals surface area contributed by atoms with Crippen LogP contribution in [-0.4, -0.2) is 30.4 Å². The molecule has 1 amide bonds. The summed E-state index contributed by atoms with van der Waals surface area (Å²) in [7, 11) is 0. The number of hydrogen-bond donors (Lipinski definition) is 2. The molecule has 1 fully saturated rings. The van der Waals surface area contributed by atoms with Gasteiger partial charge in [-0.3, -0.25) is 5.32 Å². The lowest BCUT2D eigenvalue weighted by Gasteiger charge is -2.15. The summed E-state index contributed by atoms with van der Waals surface area (Å²) in [6, 6.07) is 0. The van der Waals surface area contributed by atoms with Crippen LogP contribution < -0.4 is 11.2 Å². The summed E-state index contributed by atoms with van der Waals surface area (Å²) >= 11 is 0. The number of hydrazine groups is 1. The van der Waals surface area contributed by atoms with E-state index in [0.717, 1.165) is 18.0 Å². The maximum absolute atomic E-state index is 10.7. The summed E-state index contributed by atoms with van der Waals surface area (Å²) < 4.78 is 4.67. The van der Waals surface area contributed by atoms with Crippen LogP contribution in [0.2, 0.25) is 0 Å². The van der Waals surface area contributed by atoms with Crippen molar-refractivity contribution >= 4 is 6.09 Å². The van der Waals surface area contributed by atoms with Crippen LogP contribution in [-0.2, 0) is 4.74 Å². The molecule has 0 aromatic rings. The number of nitrogens with zero attached hydrogens (tertiary/aromatic N) is 1. The van der Waals surface area contributed by atoms with Crippen molar-refractivity contribution in [3.8, 4) is 0 Å². The van der Waals surface area contributed by atoms with Crippen molar-refractivity contribution in [1.29, 1.82) is 0 Å². The lowest BCUT2D eigenvalue weighted by molar-refractivity contribution is 0.157. The van der Waals surface area contributed by atoms with E-state index in [2.05, 4.69) is 10.1 Å². The largest absolute Gasteiger partial charge is 0.445 e. The van der Waals surface area contributed by atoms with Crippen molar-refractivity contribution in [1.82, 2.24) is 10.3 Å². The minimum atomic E-state index is -0.460. The van der Waals surface area contributed by atoms with Crippen LogP contribution >= 0.6 is 0 Å². The first kappa shape index (κ1) is 8.29. The van der Waals surface area contributed by atoms with Crippen LogP contribution in [0.3, 0.4) is 0 Å². The van der Waals surface area contributed by atoms with Gasteiger partial charge in [-0.2, -0.15) is 0 Å². The van der Waals surface area contributed by atoms with E-state index >= 15 is 0 Å². The van der Waals surface area contributed by atoms with Gasteiger partial charge in [-0.15, -0.1) is 0 Å². The molecule has 0 aromatic carbocycles. The molecular weight excluding hydrogens is 146 g/mol. The van der Waals surface area contributed by atoms with Crippen LogP contribution in [0.1, 0.15) is 13.3 Å². The molecule has 0 saturated carbocycles. The molecule has 0 aliphatic carbocycles. The topological polar surface area (TPSA) is 67.6 Å². The van der Waals surface area contributed by atoms with E-state index < -0.39 is 6.09 Å². The molecule has 64 valence electrons. The second-order valence-corrected chi connectivity index (χ2v) is 2.45. The van der Waals surface area contributed by atoms with Gasteiger partial charge in [0.2, 0.25) is 0 Å². The average Bonchev–Trinajstić information content (AvgIpc) is 2.31. The highest BCUT2D eigenvalue weighted by Gasteiger charge is 2.29. The van der Waals surface area contributed by atoms with Crippen LogP contribution in [0.4, 0.5) is 4.79 Å². The molecular formula is C6H13N3O2. The Hall–Kier alpha value is -0.810. The highest BCUT2D eigenvalue weighted by molar-refractivity contribution is 5.69. The Kier molecular flexibility index (Phi) is 2.67. The minimum absolute atomic E-state index is 0.151. The van der Waals surface area contributed by atoms with Crippen molar-refractivity contribution in [3.05, 3.63) is 0 Å². The second-order valence-electron chi connectivity index (χ2n) is 2.45. The molecule has 0 bridgehead atoms. The maximum atomic E-state index is 10.7. The predicted molar refractivity (Wildman–Crippen MR) is 39.5 cm³/mol. The second kappa shape index (κ2) is 3.54. The number of nitrogens with two attached hydrogens (primary N) is 1. The lowest BCUT2D eigenvalue weighted by atomic mass is 10.4. The molecule has 0 radical (unpaired) electrons. The quantitative estimate of drug-likeness (QED) is 0.436. The Morgan fingerprint density at radius 2 is 2.64 bits per heavy atom. The molecule has 1 saturated heterocycles. The van der Waals surface area contributed by atoms with E-state index in [9.17, 15) is 4.79 Å². The van der Waals surface area contributed by atoms with Gasteiger partial charge in [-0.25, -0.2) is 15.6 Å². The number of rotatable bonds is 3. The fraction of sp³-hybridized carbons (Fsp3) is 0.833. The van der Waals surface area contributed by atoms with Crippen LogP contribution in [0.5, 0.6) is 0 Å². The first-order chi connectivity index (χ1) is 5.25. The van der Waals surface area contributed by atoms with Gasteiger partial charge >= 0.3 is 6.09 Å². The molecule has 3 N–H and O–H groups in total. The summed E-state index contributed by atoms with van der Waals surface area (Å²) in [6.07, 6.45) is 0.402. The third-order valence-electron chi connectivity index (χ3n) is 1.54. The normalized spacial score (nSPS) is 24.0. The third kappa shape index (κ3) is 1.81. The van der Waals surface area contributed by atoms with Crippen LogP contribution in [0.25, 0.3) is 0 Å². The number of carbonyl (C=O) groups is 1. The Balaban J connectivity index is 2.30. The molecule has 1 heterocycles. The van der Waals surface area contributed by atoms with Crippen molar-refractivity contribution in [3.63, 3.8) is 0 Å². The first-order valence-corrected chi connectivity index (χ1v) is 3.69. The average molecular weight is 159 g/mol. The Bertz CT molecular complexity index is 151. The summed E-state index contributed by atoms with van der Waals surface area (Å²) in [5.41, 5.74) is 0. The smallest absolute Gasteiger partial charge is 0.425 e. The fourth-order valence-corrected chi connectivity index (χ4v) is 0.901. The Morgan fingerprint density at radius 1 is 1.91 bits per heavy atom. The first-order valence-electron chi connectivity index (χ1n) is 3.69. The maximum Gasteiger partial charge on any atom is 0.425 e. The summed E-state index contributed by atoms with van der Waals surface area (Å²) in [6.45, 7) is 3.23. The number of hydrogen-bond acceptors (Lipinski definition) is 4. The van der Waals surface area contributed by atoms with Gasteiger partial charge in [0.05, 0.1) is 0 Å². The standard InChI is InChI=1S/C6H13N3O2/c1-2-3-8-5-4-11-6(10)9(5)7/h5,8H,2-4,7H2,1H3/t5-/m0/s1. The van der Waals surface area contributed by atoms with E-state index in [1.807, 2.05) is 6.92 Å². The molecule has 5 heteroatoms. The minimum Gasteiger partial charge on any atom is -0.445 e. The summed E-state index contributed by atoms with van der Waals surface area (Å²) in [4.78, 5) is 10.7. The fourth-order valence-electron chi connectivity index (χ4n) is 0.901. The lowest BCUT2D eigenvalue weighted by Crippen LogP contribution is -2.48. The molecule has 0 spiro atoms. The number of carbonyl (C=O) groups excluding carboxylic acids is 1. The van der Waals surface area contributed by atoms with Gasteiger partial charge < -0.3 is 4.74 Å². The van der Waals surface area contributed by atoms with E-state index in [0.29, 0.717) is 6.61 Å². The van der Waals surface area contributed by atoms with E-state index in [-0.39, 0.29) is 6.17 Å².